The third-order valence-electron chi connectivity index (χ3n) is 5.27. The normalized spacial score (nSPS) is 30.3. The summed E-state index contributed by atoms with van der Waals surface area (Å²) in [6.45, 7) is 4.46. The van der Waals surface area contributed by atoms with Crippen molar-refractivity contribution in [2.24, 2.45) is 16.9 Å². The van der Waals surface area contributed by atoms with E-state index in [-0.39, 0.29) is 23.9 Å². The van der Waals surface area contributed by atoms with Crippen molar-refractivity contribution in [2.45, 2.75) is 51.6 Å². The van der Waals surface area contributed by atoms with Gasteiger partial charge in [0.25, 0.3) is 5.96 Å². The van der Waals surface area contributed by atoms with Crippen molar-refractivity contribution in [3.05, 3.63) is 10.1 Å². The topological polar surface area (TPSA) is 88.3 Å². The van der Waals surface area contributed by atoms with Gasteiger partial charge in [-0.25, -0.2) is 10.1 Å². The van der Waals surface area contributed by atoms with Crippen LogP contribution in [0, 0.1) is 22.0 Å². The lowest BCUT2D eigenvalue weighted by atomic mass is 9.88. The van der Waals surface area contributed by atoms with E-state index < -0.39 is 5.03 Å². The smallest absolute Gasteiger partial charge is 0.280 e. The highest BCUT2D eigenvalue weighted by atomic mass is 16.7. The number of amides is 1. The molecule has 2 heterocycles. The summed E-state index contributed by atoms with van der Waals surface area (Å²) in [6, 6.07) is 0. The Kier molecular flexibility index (Phi) is 5.33. The van der Waals surface area contributed by atoms with Gasteiger partial charge in [-0.2, -0.15) is 0 Å². The average molecular weight is 338 g/mol. The highest BCUT2D eigenvalue weighted by molar-refractivity contribution is 5.99. The predicted octanol–water partition coefficient (Wildman–Crippen LogP) is 1.68. The molecule has 0 N–H and O–H groups in total. The number of guanidine groups is 1. The van der Waals surface area contributed by atoms with Gasteiger partial charge in [0.1, 0.15) is 5.10 Å². The predicted molar refractivity (Wildman–Crippen MR) is 87.8 cm³/mol. The van der Waals surface area contributed by atoms with Crippen LogP contribution < -0.4 is 0 Å². The Morgan fingerprint density at radius 3 is 2.71 bits per heavy atom. The number of rotatable bonds is 4. The van der Waals surface area contributed by atoms with Crippen molar-refractivity contribution in [1.82, 2.24) is 9.80 Å². The highest BCUT2D eigenvalue weighted by Crippen LogP contribution is 2.28. The van der Waals surface area contributed by atoms with Crippen LogP contribution in [0.4, 0.5) is 0 Å². The highest BCUT2D eigenvalue weighted by Gasteiger charge is 2.39. The number of nitrogens with zero attached hydrogens (tertiary/aromatic N) is 4. The molecule has 2 aliphatic heterocycles. The molecule has 0 radical (unpaired) electrons. The molecule has 0 aromatic rings. The minimum Gasteiger partial charge on any atom is -0.378 e. The van der Waals surface area contributed by atoms with E-state index in [2.05, 4.69) is 5.10 Å². The van der Waals surface area contributed by atoms with Gasteiger partial charge in [-0.3, -0.25) is 9.69 Å². The van der Waals surface area contributed by atoms with Gasteiger partial charge in [0.15, 0.2) is 5.03 Å². The van der Waals surface area contributed by atoms with Crippen molar-refractivity contribution in [3.63, 3.8) is 0 Å². The van der Waals surface area contributed by atoms with Gasteiger partial charge in [0.05, 0.1) is 12.7 Å². The zero-order chi connectivity index (χ0) is 17.1. The van der Waals surface area contributed by atoms with Gasteiger partial charge in [-0.1, -0.05) is 19.3 Å². The van der Waals surface area contributed by atoms with Crippen LogP contribution in [0.2, 0.25) is 0 Å². The Bertz CT molecular complexity index is 518. The summed E-state index contributed by atoms with van der Waals surface area (Å²) in [4.78, 5) is 27.2. The van der Waals surface area contributed by atoms with Crippen LogP contribution in [-0.4, -0.2) is 59.0 Å². The third-order valence-corrected chi connectivity index (χ3v) is 5.27. The molecule has 2 saturated heterocycles. The Hall–Kier alpha value is -1.70. The van der Waals surface area contributed by atoms with Crippen LogP contribution in [0.5, 0.6) is 0 Å². The van der Waals surface area contributed by atoms with E-state index in [1.165, 1.54) is 11.3 Å². The SMILES string of the molecule is CC1CC(CN2CCN(C(=O)C3CCCCC3)C2=N[N+](=O)[O-])CO1. The second-order valence-corrected chi connectivity index (χ2v) is 7.15. The Balaban J connectivity index is 1.70. The molecule has 0 aromatic heterocycles. The maximum atomic E-state index is 12.8. The van der Waals surface area contributed by atoms with Crippen molar-refractivity contribution in [2.75, 3.05) is 26.2 Å². The van der Waals surface area contributed by atoms with Crippen molar-refractivity contribution in [3.8, 4) is 0 Å². The first-order valence-corrected chi connectivity index (χ1v) is 8.95. The van der Waals surface area contributed by atoms with E-state index in [4.69, 9.17) is 4.74 Å². The van der Waals surface area contributed by atoms with Crippen LogP contribution in [0.15, 0.2) is 5.10 Å². The molecule has 0 aromatic carbocycles. The summed E-state index contributed by atoms with van der Waals surface area (Å²) >= 11 is 0. The van der Waals surface area contributed by atoms with Crippen LogP contribution in [0.3, 0.4) is 0 Å². The Morgan fingerprint density at radius 1 is 1.33 bits per heavy atom. The molecule has 8 heteroatoms. The molecule has 0 bridgehead atoms. The molecule has 1 aliphatic carbocycles. The first kappa shape index (κ1) is 17.1. The molecular weight excluding hydrogens is 312 g/mol. The van der Waals surface area contributed by atoms with Crippen LogP contribution in [0.25, 0.3) is 0 Å². The molecular formula is C16H26N4O4. The van der Waals surface area contributed by atoms with Crippen molar-refractivity contribution >= 4 is 11.9 Å². The summed E-state index contributed by atoms with van der Waals surface area (Å²) in [5, 5.41) is 13.8. The number of ether oxygens (including phenoxy) is 1. The summed E-state index contributed by atoms with van der Waals surface area (Å²) in [5.74, 6) is 0.552. The van der Waals surface area contributed by atoms with Gasteiger partial charge < -0.3 is 9.64 Å². The van der Waals surface area contributed by atoms with E-state index in [9.17, 15) is 14.9 Å². The monoisotopic (exact) mass is 338 g/mol. The molecule has 2 atom stereocenters. The maximum Gasteiger partial charge on any atom is 0.280 e. The van der Waals surface area contributed by atoms with Gasteiger partial charge >= 0.3 is 0 Å². The minimum atomic E-state index is -0.692. The average Bonchev–Trinajstić information content (AvgIpc) is 3.14. The van der Waals surface area contributed by atoms with Crippen LogP contribution in [-0.2, 0) is 9.53 Å². The number of nitro groups is 1. The van der Waals surface area contributed by atoms with E-state index >= 15 is 0 Å². The number of hydrogen-bond donors (Lipinski definition) is 0. The third kappa shape index (κ3) is 3.85. The number of carbonyl (C=O) groups excluding carboxylic acids is 1. The number of carbonyl (C=O) groups is 1. The summed E-state index contributed by atoms with van der Waals surface area (Å²) in [5.41, 5.74) is 0. The minimum absolute atomic E-state index is 0.00819. The lowest BCUT2D eigenvalue weighted by Crippen LogP contribution is -2.43. The molecule has 3 aliphatic rings. The quantitative estimate of drug-likeness (QED) is 0.575. The zero-order valence-electron chi connectivity index (χ0n) is 14.2. The maximum absolute atomic E-state index is 12.8. The van der Waals surface area contributed by atoms with E-state index in [1.54, 1.807) is 0 Å². The molecule has 3 rings (SSSR count). The first-order chi connectivity index (χ1) is 11.5. The molecule has 0 spiro atoms. The van der Waals surface area contributed by atoms with E-state index in [1.807, 2.05) is 11.8 Å². The van der Waals surface area contributed by atoms with Crippen LogP contribution in [0.1, 0.15) is 45.4 Å². The summed E-state index contributed by atoms with van der Waals surface area (Å²) in [6.07, 6.45) is 6.24. The second-order valence-electron chi connectivity index (χ2n) is 7.15. The fourth-order valence-electron chi connectivity index (χ4n) is 4.08. The molecule has 2 unspecified atom stereocenters. The number of hydrogen-bond acceptors (Lipinski definition) is 4. The number of hydrazone groups is 1. The lowest BCUT2D eigenvalue weighted by molar-refractivity contribution is -0.486. The molecule has 3 fully saturated rings. The van der Waals surface area contributed by atoms with Crippen molar-refractivity contribution < 1.29 is 14.6 Å². The van der Waals surface area contributed by atoms with Crippen molar-refractivity contribution in [1.29, 1.82) is 0 Å². The molecule has 8 nitrogen and oxygen atoms in total. The van der Waals surface area contributed by atoms with Gasteiger partial charge in [0.2, 0.25) is 5.91 Å². The summed E-state index contributed by atoms with van der Waals surface area (Å²) in [7, 11) is 0. The largest absolute Gasteiger partial charge is 0.378 e. The van der Waals surface area contributed by atoms with Gasteiger partial charge in [0, 0.05) is 31.5 Å². The summed E-state index contributed by atoms with van der Waals surface area (Å²) < 4.78 is 5.58. The van der Waals surface area contributed by atoms with Gasteiger partial charge in [-0.05, 0) is 26.2 Å². The van der Waals surface area contributed by atoms with Crippen LogP contribution >= 0.6 is 0 Å². The Labute approximate surface area is 142 Å². The fourth-order valence-corrected chi connectivity index (χ4v) is 4.08. The zero-order valence-corrected chi connectivity index (χ0v) is 14.2. The molecule has 134 valence electrons. The molecule has 1 saturated carbocycles. The lowest BCUT2D eigenvalue weighted by Gasteiger charge is -2.26. The first-order valence-electron chi connectivity index (χ1n) is 8.95. The molecule has 1 amide bonds. The Morgan fingerprint density at radius 2 is 2.08 bits per heavy atom. The molecule has 24 heavy (non-hydrogen) atoms. The fraction of sp³-hybridized carbons (Fsp3) is 0.875. The second kappa shape index (κ2) is 7.46. The van der Waals surface area contributed by atoms with Gasteiger partial charge in [-0.15, -0.1) is 0 Å². The van der Waals surface area contributed by atoms with E-state index in [0.29, 0.717) is 32.2 Å². The van der Waals surface area contributed by atoms with E-state index in [0.717, 1.165) is 32.1 Å². The standard InChI is InChI=1S/C16H26N4O4/c1-12-9-13(11-24-12)10-18-7-8-19(16(18)17-20(22)23)15(21)14-5-3-2-4-6-14/h12-14H,2-11H2,1H3.